The van der Waals surface area contributed by atoms with Crippen LogP contribution < -0.4 is 0 Å². The summed E-state index contributed by atoms with van der Waals surface area (Å²) in [6, 6.07) is 2.00. The molecular weight excluding hydrogens is 296 g/mol. The first-order chi connectivity index (χ1) is 9.96. The molecule has 1 aromatic heterocycles. The fourth-order valence-corrected chi connectivity index (χ4v) is 3.85. The molecule has 0 saturated carbocycles. The summed E-state index contributed by atoms with van der Waals surface area (Å²) >= 11 is 1.67. The van der Waals surface area contributed by atoms with E-state index in [1.54, 1.807) is 28.2 Å². The third-order valence-corrected chi connectivity index (χ3v) is 5.81. The van der Waals surface area contributed by atoms with Gasteiger partial charge in [-0.1, -0.05) is 20.8 Å². The molecule has 2 heterocycles. The SMILES string of the molecule is Cc1sc(C(C)(C)C)cc1C(=O)N1CCN(C)C(=O)C1(C)C. The minimum Gasteiger partial charge on any atom is -0.342 e. The molecule has 0 aliphatic carbocycles. The van der Waals surface area contributed by atoms with Crippen molar-refractivity contribution in [2.45, 2.75) is 52.5 Å². The highest BCUT2D eigenvalue weighted by Crippen LogP contribution is 2.34. The summed E-state index contributed by atoms with van der Waals surface area (Å²) in [7, 11) is 1.79. The van der Waals surface area contributed by atoms with Crippen LogP contribution in [0, 0.1) is 6.92 Å². The maximum atomic E-state index is 13.0. The summed E-state index contributed by atoms with van der Waals surface area (Å²) in [6.07, 6.45) is 0. The Morgan fingerprint density at radius 3 is 2.36 bits per heavy atom. The molecule has 0 bridgehead atoms. The first-order valence-electron chi connectivity index (χ1n) is 7.64. The van der Waals surface area contributed by atoms with E-state index in [2.05, 4.69) is 20.8 Å². The number of rotatable bonds is 1. The number of hydrogen-bond donors (Lipinski definition) is 0. The van der Waals surface area contributed by atoms with Crippen molar-refractivity contribution < 1.29 is 9.59 Å². The maximum absolute atomic E-state index is 13.0. The van der Waals surface area contributed by atoms with Gasteiger partial charge in [-0.15, -0.1) is 11.3 Å². The number of hydrogen-bond acceptors (Lipinski definition) is 3. The fourth-order valence-electron chi connectivity index (χ4n) is 2.78. The zero-order chi connectivity index (χ0) is 16.9. The van der Waals surface area contributed by atoms with E-state index in [1.165, 1.54) is 4.88 Å². The Morgan fingerprint density at radius 1 is 1.27 bits per heavy atom. The molecule has 122 valence electrons. The first-order valence-corrected chi connectivity index (χ1v) is 8.46. The van der Waals surface area contributed by atoms with Crippen LogP contribution in [0.15, 0.2) is 6.07 Å². The van der Waals surface area contributed by atoms with Gasteiger partial charge in [0.15, 0.2) is 0 Å². The Hall–Kier alpha value is -1.36. The highest BCUT2D eigenvalue weighted by atomic mass is 32.1. The van der Waals surface area contributed by atoms with Crippen LogP contribution in [-0.4, -0.2) is 47.3 Å². The number of amides is 2. The third kappa shape index (κ3) is 2.78. The molecule has 0 aromatic carbocycles. The number of carbonyl (C=O) groups excluding carboxylic acids is 2. The van der Waals surface area contributed by atoms with Crippen LogP contribution in [0.25, 0.3) is 0 Å². The molecule has 1 aromatic rings. The molecule has 0 unspecified atom stereocenters. The van der Waals surface area contributed by atoms with Gasteiger partial charge in [-0.05, 0) is 32.3 Å². The Morgan fingerprint density at radius 2 is 1.86 bits per heavy atom. The van der Waals surface area contributed by atoms with Crippen molar-refractivity contribution in [1.82, 2.24) is 9.80 Å². The number of thiophene rings is 1. The van der Waals surface area contributed by atoms with Gasteiger partial charge < -0.3 is 9.80 Å². The van der Waals surface area contributed by atoms with E-state index in [1.807, 2.05) is 26.8 Å². The molecular formula is C17H26N2O2S. The molecule has 1 fully saturated rings. The standard InChI is InChI=1S/C17H26N2O2S/c1-11-12(10-13(22-11)16(2,3)4)14(20)19-9-8-18(7)15(21)17(19,5)6/h10H,8-9H2,1-7H3. The lowest BCUT2D eigenvalue weighted by Crippen LogP contribution is -2.63. The van der Waals surface area contributed by atoms with E-state index in [0.29, 0.717) is 13.1 Å². The van der Waals surface area contributed by atoms with Crippen LogP contribution in [0.1, 0.15) is 54.7 Å². The zero-order valence-electron chi connectivity index (χ0n) is 14.6. The quantitative estimate of drug-likeness (QED) is 0.797. The van der Waals surface area contributed by atoms with Crippen molar-refractivity contribution in [3.05, 3.63) is 21.4 Å². The molecule has 0 spiro atoms. The Bertz CT molecular complexity index is 611. The van der Waals surface area contributed by atoms with E-state index < -0.39 is 5.54 Å². The van der Waals surface area contributed by atoms with Gasteiger partial charge in [0.05, 0.1) is 5.56 Å². The number of piperazine rings is 1. The molecule has 5 heteroatoms. The van der Waals surface area contributed by atoms with E-state index in [0.717, 1.165) is 10.4 Å². The number of likely N-dealkylation sites (N-methyl/N-ethyl adjacent to an activating group) is 1. The molecule has 1 aliphatic rings. The smallest absolute Gasteiger partial charge is 0.255 e. The van der Waals surface area contributed by atoms with Crippen LogP contribution in [0.2, 0.25) is 0 Å². The monoisotopic (exact) mass is 322 g/mol. The lowest BCUT2D eigenvalue weighted by Gasteiger charge is -2.44. The normalized spacial score (nSPS) is 18.8. The number of aryl methyl sites for hydroxylation is 1. The Balaban J connectivity index is 2.36. The van der Waals surface area contributed by atoms with E-state index >= 15 is 0 Å². The summed E-state index contributed by atoms with van der Waals surface area (Å²) in [5.41, 5.74) is -0.0257. The fraction of sp³-hybridized carbons (Fsp3) is 0.647. The van der Waals surface area contributed by atoms with Crippen molar-refractivity contribution in [2.75, 3.05) is 20.1 Å². The zero-order valence-corrected chi connectivity index (χ0v) is 15.4. The van der Waals surface area contributed by atoms with Gasteiger partial charge in [-0.25, -0.2) is 0 Å². The second-order valence-electron chi connectivity index (χ2n) is 7.57. The molecule has 2 amide bonds. The Labute approximate surface area is 137 Å². The third-order valence-electron chi connectivity index (χ3n) is 4.34. The lowest BCUT2D eigenvalue weighted by atomic mass is 9.93. The van der Waals surface area contributed by atoms with E-state index in [4.69, 9.17) is 0 Å². The van der Waals surface area contributed by atoms with Crippen molar-refractivity contribution in [2.24, 2.45) is 0 Å². The molecule has 22 heavy (non-hydrogen) atoms. The average molecular weight is 322 g/mol. The number of carbonyl (C=O) groups is 2. The summed E-state index contributed by atoms with van der Waals surface area (Å²) in [5, 5.41) is 0. The minimum atomic E-state index is -0.791. The predicted molar refractivity (Wildman–Crippen MR) is 90.5 cm³/mol. The molecule has 1 aliphatic heterocycles. The van der Waals surface area contributed by atoms with Crippen molar-refractivity contribution in [3.8, 4) is 0 Å². The second kappa shape index (κ2) is 5.37. The molecule has 4 nitrogen and oxygen atoms in total. The van der Waals surface area contributed by atoms with E-state index in [-0.39, 0.29) is 17.2 Å². The molecule has 1 saturated heterocycles. The van der Waals surface area contributed by atoms with Crippen LogP contribution in [-0.2, 0) is 10.2 Å². The van der Waals surface area contributed by atoms with Gasteiger partial charge in [-0.2, -0.15) is 0 Å². The molecule has 0 radical (unpaired) electrons. The van der Waals surface area contributed by atoms with Crippen LogP contribution in [0.4, 0.5) is 0 Å². The Kier molecular flexibility index (Phi) is 4.15. The predicted octanol–water partition coefficient (Wildman–Crippen LogP) is 3.05. The van der Waals surface area contributed by atoms with Gasteiger partial charge in [0.2, 0.25) is 5.91 Å². The average Bonchev–Trinajstić information content (AvgIpc) is 2.77. The molecule has 0 N–H and O–H groups in total. The maximum Gasteiger partial charge on any atom is 0.255 e. The highest BCUT2D eigenvalue weighted by molar-refractivity contribution is 7.12. The van der Waals surface area contributed by atoms with Crippen molar-refractivity contribution in [1.29, 1.82) is 0 Å². The van der Waals surface area contributed by atoms with Gasteiger partial charge in [0.1, 0.15) is 5.54 Å². The van der Waals surface area contributed by atoms with Gasteiger partial charge in [-0.3, -0.25) is 9.59 Å². The second-order valence-corrected chi connectivity index (χ2v) is 8.83. The lowest BCUT2D eigenvalue weighted by molar-refractivity contribution is -0.144. The summed E-state index contributed by atoms with van der Waals surface area (Å²) in [6.45, 7) is 13.3. The molecule has 2 rings (SSSR count). The summed E-state index contributed by atoms with van der Waals surface area (Å²) in [5.74, 6) is -0.0354. The molecule has 0 atom stereocenters. The highest BCUT2D eigenvalue weighted by Gasteiger charge is 2.43. The van der Waals surface area contributed by atoms with Crippen LogP contribution in [0.5, 0.6) is 0 Å². The van der Waals surface area contributed by atoms with Crippen LogP contribution >= 0.6 is 11.3 Å². The van der Waals surface area contributed by atoms with E-state index in [9.17, 15) is 9.59 Å². The number of nitrogens with zero attached hydrogens (tertiary/aromatic N) is 2. The van der Waals surface area contributed by atoms with Gasteiger partial charge in [0.25, 0.3) is 5.91 Å². The van der Waals surface area contributed by atoms with Crippen molar-refractivity contribution >= 4 is 23.2 Å². The minimum absolute atomic E-state index is 0.00368. The topological polar surface area (TPSA) is 40.6 Å². The van der Waals surface area contributed by atoms with Gasteiger partial charge >= 0.3 is 0 Å². The summed E-state index contributed by atoms with van der Waals surface area (Å²) < 4.78 is 0. The first kappa shape index (κ1) is 17.0. The van der Waals surface area contributed by atoms with Gasteiger partial charge in [0, 0.05) is 29.9 Å². The largest absolute Gasteiger partial charge is 0.342 e. The van der Waals surface area contributed by atoms with Crippen LogP contribution in [0.3, 0.4) is 0 Å². The summed E-state index contributed by atoms with van der Waals surface area (Å²) in [4.78, 5) is 31.0. The van der Waals surface area contributed by atoms with Crippen molar-refractivity contribution in [3.63, 3.8) is 0 Å².